The summed E-state index contributed by atoms with van der Waals surface area (Å²) < 4.78 is 0. The SMILES string of the molecule is Oc1c(-c2ccccc2)c2ccccc2c2ccccc12.[CH3-].[CH3-].[CH3-].[Ti+3]. The molecule has 0 unspecified atom stereocenters. The first-order chi connectivity index (χ1) is 10.4. The van der Waals surface area contributed by atoms with Gasteiger partial charge in [-0.05, 0) is 21.7 Å². The van der Waals surface area contributed by atoms with Crippen molar-refractivity contribution in [3.63, 3.8) is 0 Å². The second kappa shape index (κ2) is 9.41. The van der Waals surface area contributed by atoms with E-state index >= 15 is 0 Å². The predicted octanol–water partition coefficient (Wildman–Crippen LogP) is 6.71. The molecule has 1 N–H and O–H groups in total. The Morgan fingerprint density at radius 3 is 1.44 bits per heavy atom. The van der Waals surface area contributed by atoms with E-state index in [2.05, 4.69) is 18.2 Å². The van der Waals surface area contributed by atoms with Crippen LogP contribution in [0, 0.1) is 22.3 Å². The molecule has 0 aliphatic heterocycles. The molecule has 0 aromatic heterocycles. The van der Waals surface area contributed by atoms with Gasteiger partial charge in [0.2, 0.25) is 0 Å². The van der Waals surface area contributed by atoms with Gasteiger partial charge >= 0.3 is 21.7 Å². The van der Waals surface area contributed by atoms with E-state index in [0.29, 0.717) is 5.75 Å². The Hall–Kier alpha value is -2.09. The van der Waals surface area contributed by atoms with E-state index in [1.807, 2.05) is 60.7 Å². The van der Waals surface area contributed by atoms with E-state index < -0.39 is 0 Å². The first-order valence-corrected chi connectivity index (χ1v) is 7.04. The fraction of sp³-hybridized carbons (Fsp3) is 0. The number of fused-ring (bicyclic) bond motifs is 3. The number of hydrogen-bond donors (Lipinski definition) is 1. The maximum atomic E-state index is 10.8. The van der Waals surface area contributed by atoms with Crippen molar-refractivity contribution in [3.8, 4) is 16.9 Å². The van der Waals surface area contributed by atoms with E-state index in [4.69, 9.17) is 0 Å². The molecular formula is C23H23OTi. The fourth-order valence-electron chi connectivity index (χ4n) is 3.02. The van der Waals surface area contributed by atoms with Gasteiger partial charge in [0.25, 0.3) is 0 Å². The molecule has 0 spiro atoms. The van der Waals surface area contributed by atoms with Gasteiger partial charge in [-0.3, -0.25) is 0 Å². The Morgan fingerprint density at radius 2 is 0.880 bits per heavy atom. The third-order valence-corrected chi connectivity index (χ3v) is 3.97. The average Bonchev–Trinajstić information content (AvgIpc) is 2.56. The summed E-state index contributed by atoms with van der Waals surface area (Å²) >= 11 is 0. The van der Waals surface area contributed by atoms with Crippen LogP contribution in [-0.2, 0) is 21.7 Å². The minimum Gasteiger partial charge on any atom is -0.507 e. The number of aromatic hydroxyl groups is 1. The molecule has 1 nitrogen and oxygen atoms in total. The average molecular weight is 363 g/mol. The molecule has 0 amide bonds. The number of phenolic OH excluding ortho intramolecular Hbond substituents is 1. The van der Waals surface area contributed by atoms with Crippen molar-refractivity contribution in [1.29, 1.82) is 0 Å². The predicted molar refractivity (Wildman–Crippen MR) is 108 cm³/mol. The summed E-state index contributed by atoms with van der Waals surface area (Å²) in [6.45, 7) is 0. The third kappa shape index (κ3) is 3.79. The Morgan fingerprint density at radius 1 is 0.480 bits per heavy atom. The largest absolute Gasteiger partial charge is 3.00 e. The van der Waals surface area contributed by atoms with Crippen LogP contribution in [0.1, 0.15) is 0 Å². The molecule has 0 atom stereocenters. The van der Waals surface area contributed by atoms with Gasteiger partial charge in [0, 0.05) is 10.9 Å². The van der Waals surface area contributed by atoms with Crippen LogP contribution < -0.4 is 0 Å². The molecule has 4 rings (SSSR count). The molecule has 4 aromatic rings. The first-order valence-electron chi connectivity index (χ1n) is 7.04. The Kier molecular flexibility index (Phi) is 8.63. The quantitative estimate of drug-likeness (QED) is 0.226. The summed E-state index contributed by atoms with van der Waals surface area (Å²) in [5.41, 5.74) is 1.95. The van der Waals surface area contributed by atoms with Gasteiger partial charge in [0.1, 0.15) is 5.75 Å². The molecular weight excluding hydrogens is 340 g/mol. The molecule has 0 heterocycles. The monoisotopic (exact) mass is 363 g/mol. The van der Waals surface area contributed by atoms with Gasteiger partial charge < -0.3 is 27.4 Å². The molecule has 125 valence electrons. The minimum absolute atomic E-state index is 0. The fourth-order valence-corrected chi connectivity index (χ4v) is 3.02. The van der Waals surface area contributed by atoms with Crippen LogP contribution in [0.2, 0.25) is 0 Å². The van der Waals surface area contributed by atoms with Crippen molar-refractivity contribution >= 4 is 21.5 Å². The van der Waals surface area contributed by atoms with Crippen molar-refractivity contribution in [2.24, 2.45) is 0 Å². The van der Waals surface area contributed by atoms with Crippen LogP contribution in [-0.4, -0.2) is 5.11 Å². The number of benzene rings is 4. The van der Waals surface area contributed by atoms with Crippen LogP contribution in [0.15, 0.2) is 78.9 Å². The van der Waals surface area contributed by atoms with Gasteiger partial charge in [-0.1, -0.05) is 78.9 Å². The van der Waals surface area contributed by atoms with Crippen molar-refractivity contribution in [2.75, 3.05) is 0 Å². The van der Waals surface area contributed by atoms with Crippen LogP contribution >= 0.6 is 0 Å². The van der Waals surface area contributed by atoms with Crippen LogP contribution in [0.5, 0.6) is 5.75 Å². The molecule has 0 aliphatic carbocycles. The van der Waals surface area contributed by atoms with E-state index in [-0.39, 0.29) is 44.0 Å². The van der Waals surface area contributed by atoms with Crippen LogP contribution in [0.4, 0.5) is 0 Å². The second-order valence-corrected chi connectivity index (χ2v) is 5.18. The van der Waals surface area contributed by atoms with E-state index in [1.165, 1.54) is 5.39 Å². The maximum Gasteiger partial charge on any atom is 3.00 e. The van der Waals surface area contributed by atoms with Gasteiger partial charge in [0.15, 0.2) is 0 Å². The Balaban J connectivity index is 0.00000144. The van der Waals surface area contributed by atoms with Crippen molar-refractivity contribution in [1.82, 2.24) is 0 Å². The van der Waals surface area contributed by atoms with Crippen molar-refractivity contribution in [2.45, 2.75) is 0 Å². The van der Waals surface area contributed by atoms with Gasteiger partial charge in [-0.15, -0.1) is 0 Å². The molecule has 0 saturated heterocycles. The second-order valence-electron chi connectivity index (χ2n) is 5.18. The summed E-state index contributed by atoms with van der Waals surface area (Å²) in [4.78, 5) is 0. The van der Waals surface area contributed by atoms with Crippen molar-refractivity contribution < 1.29 is 26.8 Å². The summed E-state index contributed by atoms with van der Waals surface area (Å²) in [5.74, 6) is 0.357. The minimum atomic E-state index is 0. The van der Waals surface area contributed by atoms with E-state index in [9.17, 15) is 5.11 Å². The molecule has 4 aromatic carbocycles. The van der Waals surface area contributed by atoms with Crippen LogP contribution in [0.25, 0.3) is 32.7 Å². The summed E-state index contributed by atoms with van der Waals surface area (Å²) in [6, 6.07) is 26.3. The normalized spacial score (nSPS) is 9.28. The van der Waals surface area contributed by atoms with Gasteiger partial charge in [0.05, 0.1) is 0 Å². The standard InChI is InChI=1S/C20H14O.3CH3.Ti/c21-20-18-13-7-5-11-16(18)15-10-4-6-12-17(15)19(20)14-8-2-1-3-9-14;;;;/h1-13,21H;3*1H3;/q;3*-1;+3. The molecule has 1 radical (unpaired) electrons. The third-order valence-electron chi connectivity index (χ3n) is 3.97. The molecule has 0 aliphatic rings. The molecule has 0 saturated carbocycles. The zero-order chi connectivity index (χ0) is 14.2. The van der Waals surface area contributed by atoms with E-state index in [0.717, 1.165) is 27.3 Å². The zero-order valence-electron chi connectivity index (χ0n) is 15.0. The number of phenols is 1. The Labute approximate surface area is 166 Å². The van der Waals surface area contributed by atoms with E-state index in [1.54, 1.807) is 0 Å². The summed E-state index contributed by atoms with van der Waals surface area (Å²) in [7, 11) is 0. The molecule has 0 fully saturated rings. The maximum absolute atomic E-state index is 10.8. The smallest absolute Gasteiger partial charge is 0.507 e. The molecule has 0 bridgehead atoms. The molecule has 2 heteroatoms. The number of rotatable bonds is 1. The first kappa shape index (κ1) is 22.9. The topological polar surface area (TPSA) is 20.2 Å². The summed E-state index contributed by atoms with van der Waals surface area (Å²) in [5, 5.41) is 15.0. The van der Waals surface area contributed by atoms with Crippen molar-refractivity contribution in [3.05, 3.63) is 101 Å². The Bertz CT molecular complexity index is 946. The zero-order valence-corrected chi connectivity index (χ0v) is 16.5. The van der Waals surface area contributed by atoms with Gasteiger partial charge in [-0.25, -0.2) is 0 Å². The number of hydrogen-bond acceptors (Lipinski definition) is 1. The van der Waals surface area contributed by atoms with Crippen LogP contribution in [0.3, 0.4) is 0 Å². The summed E-state index contributed by atoms with van der Waals surface area (Å²) in [6.07, 6.45) is 0. The van der Waals surface area contributed by atoms with Gasteiger partial charge in [-0.2, -0.15) is 0 Å². The molecule has 25 heavy (non-hydrogen) atoms.